The van der Waals surface area contributed by atoms with Gasteiger partial charge in [0.25, 0.3) is 0 Å². The molecule has 7 nitrogen and oxygen atoms in total. The third kappa shape index (κ3) is 4.53. The summed E-state index contributed by atoms with van der Waals surface area (Å²) in [6.45, 7) is 7.76. The number of aliphatic hydroxyl groups is 1. The van der Waals surface area contributed by atoms with Crippen molar-refractivity contribution in [3.05, 3.63) is 11.8 Å². The van der Waals surface area contributed by atoms with Gasteiger partial charge in [-0.2, -0.15) is 0 Å². The minimum Gasteiger partial charge on any atom is -0.512 e. The fourth-order valence-corrected chi connectivity index (χ4v) is 2.43. The second-order valence-corrected chi connectivity index (χ2v) is 9.15. The predicted molar refractivity (Wildman–Crippen MR) is 82.7 cm³/mol. The van der Waals surface area contributed by atoms with Crippen LogP contribution >= 0.6 is 0 Å². The Morgan fingerprint density at radius 3 is 1.95 bits per heavy atom. The summed E-state index contributed by atoms with van der Waals surface area (Å²) < 4.78 is 23.4. The van der Waals surface area contributed by atoms with Crippen LogP contribution in [0.5, 0.6) is 0 Å². The molecule has 0 aromatic carbocycles. The normalized spacial score (nSPS) is 14.2. The zero-order valence-corrected chi connectivity index (χ0v) is 14.4. The second-order valence-electron chi connectivity index (χ2n) is 6.45. The minimum atomic E-state index is -3.84. The topological polar surface area (TPSA) is 111 Å². The lowest BCUT2D eigenvalue weighted by Gasteiger charge is -2.27. The standard InChI is InChI=1S/C13H25N3O4S/c1-12(2,3)9(17)8-10(14)15-11(18)13(4,5)21(19,20)16(6)7/h8,17H,1-7H3,(H2,14,15,18)/b9-8-. The summed E-state index contributed by atoms with van der Waals surface area (Å²) in [4.78, 5) is 12.1. The van der Waals surface area contributed by atoms with Crippen molar-refractivity contribution in [3.63, 3.8) is 0 Å². The molecule has 0 aliphatic heterocycles. The van der Waals surface area contributed by atoms with Crippen LogP contribution in [-0.2, 0) is 14.8 Å². The van der Waals surface area contributed by atoms with Gasteiger partial charge in [0.15, 0.2) is 4.75 Å². The van der Waals surface area contributed by atoms with Gasteiger partial charge in [-0.05, 0) is 13.8 Å². The summed E-state index contributed by atoms with van der Waals surface area (Å²) in [5, 5.41) is 19.6. The number of carbonyl (C=O) groups excluding carboxylic acids is 1. The summed E-state index contributed by atoms with van der Waals surface area (Å²) in [5.74, 6) is -1.28. The van der Waals surface area contributed by atoms with E-state index in [0.29, 0.717) is 0 Å². The molecule has 21 heavy (non-hydrogen) atoms. The van der Waals surface area contributed by atoms with Crippen molar-refractivity contribution >= 4 is 21.8 Å². The predicted octanol–water partition coefficient (Wildman–Crippen LogP) is 1.24. The molecule has 0 unspecified atom stereocenters. The molecule has 0 rings (SSSR count). The number of allylic oxidation sites excluding steroid dienone is 1. The molecular formula is C13H25N3O4S. The van der Waals surface area contributed by atoms with Crippen molar-refractivity contribution in [3.8, 4) is 0 Å². The molecule has 0 aromatic rings. The van der Waals surface area contributed by atoms with Gasteiger partial charge in [0.05, 0.1) is 0 Å². The molecule has 0 radical (unpaired) electrons. The molecule has 0 saturated heterocycles. The van der Waals surface area contributed by atoms with Crippen molar-refractivity contribution < 1.29 is 18.3 Å². The SMILES string of the molecule is CN(C)S(=O)(=O)C(C)(C)C(=O)NC(=N)/C=C(\O)C(C)(C)C. The van der Waals surface area contributed by atoms with Gasteiger partial charge in [0.2, 0.25) is 15.9 Å². The number of carbonyl (C=O) groups is 1. The van der Waals surface area contributed by atoms with Crippen LogP contribution in [0.15, 0.2) is 11.8 Å². The number of amides is 1. The molecule has 1 amide bonds. The molecule has 0 aliphatic carbocycles. The van der Waals surface area contributed by atoms with Crippen molar-refractivity contribution in [2.75, 3.05) is 14.1 Å². The smallest absolute Gasteiger partial charge is 0.247 e. The molecule has 0 atom stereocenters. The molecule has 8 heteroatoms. The number of nitrogens with zero attached hydrogens (tertiary/aromatic N) is 1. The Balaban J connectivity index is 5.22. The first-order chi connectivity index (χ1) is 9.14. The van der Waals surface area contributed by atoms with Gasteiger partial charge < -0.3 is 10.4 Å². The Hall–Kier alpha value is -1.41. The molecule has 0 heterocycles. The van der Waals surface area contributed by atoms with E-state index in [1.54, 1.807) is 20.8 Å². The lowest BCUT2D eigenvalue weighted by Crippen LogP contribution is -2.53. The van der Waals surface area contributed by atoms with Crippen LogP contribution in [0.4, 0.5) is 0 Å². The number of rotatable bonds is 4. The first kappa shape index (κ1) is 19.6. The number of amidine groups is 1. The molecule has 122 valence electrons. The number of hydrogen-bond donors (Lipinski definition) is 3. The Labute approximate surface area is 126 Å². The number of sulfonamides is 1. The maximum absolute atomic E-state index is 12.1. The Morgan fingerprint density at radius 1 is 1.19 bits per heavy atom. The Kier molecular flexibility index (Phi) is 5.73. The summed E-state index contributed by atoms with van der Waals surface area (Å²) in [7, 11) is -1.17. The summed E-state index contributed by atoms with van der Waals surface area (Å²) in [6, 6.07) is 0. The van der Waals surface area contributed by atoms with Gasteiger partial charge in [-0.15, -0.1) is 0 Å². The molecule has 0 saturated carbocycles. The van der Waals surface area contributed by atoms with E-state index in [1.807, 2.05) is 0 Å². The maximum Gasteiger partial charge on any atom is 0.247 e. The first-order valence-corrected chi connectivity index (χ1v) is 7.81. The highest BCUT2D eigenvalue weighted by Gasteiger charge is 2.43. The van der Waals surface area contributed by atoms with Crippen LogP contribution < -0.4 is 5.32 Å². The molecule has 0 fully saturated rings. The third-order valence-corrected chi connectivity index (χ3v) is 5.41. The van der Waals surface area contributed by atoms with Crippen molar-refractivity contribution in [2.45, 2.75) is 39.4 Å². The Bertz CT molecular complexity index is 554. The van der Waals surface area contributed by atoms with Gasteiger partial charge in [-0.1, -0.05) is 20.8 Å². The van der Waals surface area contributed by atoms with Crippen LogP contribution in [0, 0.1) is 10.8 Å². The van der Waals surface area contributed by atoms with E-state index in [-0.39, 0.29) is 11.6 Å². The van der Waals surface area contributed by atoms with Crippen molar-refractivity contribution in [2.24, 2.45) is 5.41 Å². The largest absolute Gasteiger partial charge is 0.512 e. The van der Waals surface area contributed by atoms with Crippen LogP contribution in [-0.4, -0.2) is 48.4 Å². The van der Waals surface area contributed by atoms with Gasteiger partial charge in [0.1, 0.15) is 11.6 Å². The average molecular weight is 319 g/mol. The van der Waals surface area contributed by atoms with Crippen LogP contribution in [0.2, 0.25) is 0 Å². The van der Waals surface area contributed by atoms with Crippen LogP contribution in [0.25, 0.3) is 0 Å². The number of hydrogen-bond acceptors (Lipinski definition) is 5. The monoisotopic (exact) mass is 319 g/mol. The lowest BCUT2D eigenvalue weighted by atomic mass is 9.93. The van der Waals surface area contributed by atoms with Gasteiger partial charge in [0, 0.05) is 25.6 Å². The second kappa shape index (κ2) is 6.15. The highest BCUT2D eigenvalue weighted by molar-refractivity contribution is 7.91. The highest BCUT2D eigenvalue weighted by Crippen LogP contribution is 2.22. The van der Waals surface area contributed by atoms with E-state index < -0.39 is 26.1 Å². The molecule has 0 bridgehead atoms. The number of aliphatic hydroxyl groups excluding tert-OH is 1. The van der Waals surface area contributed by atoms with Crippen LogP contribution in [0.1, 0.15) is 34.6 Å². The minimum absolute atomic E-state index is 0.0823. The highest BCUT2D eigenvalue weighted by atomic mass is 32.2. The number of nitrogens with one attached hydrogen (secondary N) is 2. The van der Waals surface area contributed by atoms with Crippen molar-refractivity contribution in [1.29, 1.82) is 5.41 Å². The quantitative estimate of drug-likeness (QED) is 0.411. The van der Waals surface area contributed by atoms with Gasteiger partial charge >= 0.3 is 0 Å². The van der Waals surface area contributed by atoms with Gasteiger partial charge in [-0.25, -0.2) is 12.7 Å². The fraction of sp³-hybridized carbons (Fsp3) is 0.692. The van der Waals surface area contributed by atoms with E-state index in [0.717, 1.165) is 10.4 Å². The molecular weight excluding hydrogens is 294 g/mol. The van der Waals surface area contributed by atoms with E-state index in [9.17, 15) is 18.3 Å². The summed E-state index contributed by atoms with van der Waals surface area (Å²) in [6.07, 6.45) is 1.09. The molecule has 0 aromatic heterocycles. The van der Waals surface area contributed by atoms with Crippen LogP contribution in [0.3, 0.4) is 0 Å². The first-order valence-electron chi connectivity index (χ1n) is 6.37. The van der Waals surface area contributed by atoms with E-state index in [2.05, 4.69) is 5.32 Å². The molecule has 0 aliphatic rings. The van der Waals surface area contributed by atoms with E-state index >= 15 is 0 Å². The maximum atomic E-state index is 12.1. The molecule has 3 N–H and O–H groups in total. The fourth-order valence-electron chi connectivity index (χ4n) is 1.24. The zero-order valence-electron chi connectivity index (χ0n) is 13.6. The summed E-state index contributed by atoms with van der Waals surface area (Å²) in [5.41, 5.74) is -0.567. The average Bonchev–Trinajstić information content (AvgIpc) is 2.26. The van der Waals surface area contributed by atoms with E-state index in [4.69, 9.17) is 5.41 Å². The lowest BCUT2D eigenvalue weighted by molar-refractivity contribution is -0.121. The summed E-state index contributed by atoms with van der Waals surface area (Å²) >= 11 is 0. The van der Waals surface area contributed by atoms with Crippen molar-refractivity contribution in [1.82, 2.24) is 9.62 Å². The Morgan fingerprint density at radius 2 is 1.62 bits per heavy atom. The van der Waals surface area contributed by atoms with Gasteiger partial charge in [-0.3, -0.25) is 10.2 Å². The zero-order chi connectivity index (χ0) is 17.2. The third-order valence-electron chi connectivity index (χ3n) is 2.97. The molecule has 0 spiro atoms. The van der Waals surface area contributed by atoms with E-state index in [1.165, 1.54) is 27.9 Å².